The summed E-state index contributed by atoms with van der Waals surface area (Å²) in [6, 6.07) is 3.10. The number of nitrogens with one attached hydrogen (secondary N) is 1. The van der Waals surface area contributed by atoms with Crippen LogP contribution in [-0.2, 0) is 0 Å². The average Bonchev–Trinajstić information content (AvgIpc) is 2.15. The third-order valence-electron chi connectivity index (χ3n) is 1.66. The molecule has 80 valence electrons. The van der Waals surface area contributed by atoms with Gasteiger partial charge in [0.2, 0.25) is 0 Å². The maximum atomic E-state index is 11.6. The summed E-state index contributed by atoms with van der Waals surface area (Å²) in [5.41, 5.74) is 0.498. The van der Waals surface area contributed by atoms with Crippen molar-refractivity contribution in [3.8, 4) is 0 Å². The van der Waals surface area contributed by atoms with E-state index in [1.807, 2.05) is 20.8 Å². The van der Waals surface area contributed by atoms with E-state index < -0.39 is 0 Å². The van der Waals surface area contributed by atoms with Crippen molar-refractivity contribution in [2.24, 2.45) is 0 Å². The highest BCUT2D eigenvalue weighted by molar-refractivity contribution is 5.94. The van der Waals surface area contributed by atoms with Gasteiger partial charge < -0.3 is 5.32 Å². The Balaban J connectivity index is 2.79. The zero-order chi connectivity index (χ0) is 11.5. The molecule has 0 atom stereocenters. The molecule has 1 rings (SSSR count). The Morgan fingerprint density at radius 2 is 2.07 bits per heavy atom. The number of aldehydes is 1. The monoisotopic (exact) mass is 206 g/mol. The molecule has 0 saturated heterocycles. The van der Waals surface area contributed by atoms with Crippen LogP contribution in [0.15, 0.2) is 18.3 Å². The van der Waals surface area contributed by atoms with Crippen molar-refractivity contribution < 1.29 is 9.59 Å². The van der Waals surface area contributed by atoms with E-state index in [-0.39, 0.29) is 11.4 Å². The first-order chi connectivity index (χ1) is 6.92. The fourth-order valence-electron chi connectivity index (χ4n) is 1.02. The zero-order valence-electron chi connectivity index (χ0n) is 9.07. The highest BCUT2D eigenvalue weighted by Gasteiger charge is 2.15. The number of nitrogens with zero attached hydrogens (tertiary/aromatic N) is 1. The number of pyridine rings is 1. The van der Waals surface area contributed by atoms with Gasteiger partial charge in [-0.1, -0.05) is 0 Å². The molecule has 1 aromatic rings. The van der Waals surface area contributed by atoms with Gasteiger partial charge in [0.1, 0.15) is 5.69 Å². The number of hydrogen-bond acceptors (Lipinski definition) is 3. The quantitative estimate of drug-likeness (QED) is 0.744. The summed E-state index contributed by atoms with van der Waals surface area (Å²) in [4.78, 5) is 25.8. The number of carbonyl (C=O) groups excluding carboxylic acids is 2. The first-order valence-corrected chi connectivity index (χ1v) is 4.66. The standard InChI is InChI=1S/C11H14N2O2/c1-11(2,3)13-10(15)8-4-5-9(7-14)12-6-8/h4-7H,1-3H3,(H,13,15). The predicted octanol–water partition coefficient (Wildman–Crippen LogP) is 1.42. The highest BCUT2D eigenvalue weighted by atomic mass is 16.1. The van der Waals surface area contributed by atoms with Crippen LogP contribution < -0.4 is 5.32 Å². The molecular weight excluding hydrogens is 192 g/mol. The van der Waals surface area contributed by atoms with Crippen LogP contribution in [0, 0.1) is 0 Å². The lowest BCUT2D eigenvalue weighted by Crippen LogP contribution is -2.40. The van der Waals surface area contributed by atoms with E-state index >= 15 is 0 Å². The molecule has 0 aliphatic rings. The van der Waals surface area contributed by atoms with E-state index in [2.05, 4.69) is 10.3 Å². The number of hydrogen-bond donors (Lipinski definition) is 1. The van der Waals surface area contributed by atoms with Crippen LogP contribution in [0.5, 0.6) is 0 Å². The Morgan fingerprint density at radius 3 is 2.47 bits per heavy atom. The maximum Gasteiger partial charge on any atom is 0.253 e. The maximum absolute atomic E-state index is 11.6. The Labute approximate surface area is 88.7 Å². The van der Waals surface area contributed by atoms with Gasteiger partial charge in [0.05, 0.1) is 5.56 Å². The minimum atomic E-state index is -0.277. The van der Waals surface area contributed by atoms with Gasteiger partial charge in [0.25, 0.3) is 5.91 Å². The van der Waals surface area contributed by atoms with Crippen LogP contribution in [0.25, 0.3) is 0 Å². The first kappa shape index (κ1) is 11.4. The minimum Gasteiger partial charge on any atom is -0.347 e. The van der Waals surface area contributed by atoms with Crippen molar-refractivity contribution in [1.82, 2.24) is 10.3 Å². The molecule has 4 heteroatoms. The SMILES string of the molecule is CC(C)(C)NC(=O)c1ccc(C=O)nc1. The van der Waals surface area contributed by atoms with Crippen molar-refractivity contribution in [3.63, 3.8) is 0 Å². The summed E-state index contributed by atoms with van der Waals surface area (Å²) in [6.07, 6.45) is 2.04. The third-order valence-corrected chi connectivity index (χ3v) is 1.66. The Bertz CT molecular complexity index is 363. The van der Waals surface area contributed by atoms with Crippen LogP contribution in [0.3, 0.4) is 0 Å². The second-order valence-electron chi connectivity index (χ2n) is 4.29. The average molecular weight is 206 g/mol. The molecule has 4 nitrogen and oxygen atoms in total. The van der Waals surface area contributed by atoms with Crippen LogP contribution in [0.2, 0.25) is 0 Å². The predicted molar refractivity (Wildman–Crippen MR) is 56.8 cm³/mol. The van der Waals surface area contributed by atoms with Crippen LogP contribution >= 0.6 is 0 Å². The number of carbonyl (C=O) groups is 2. The second kappa shape index (κ2) is 4.21. The van der Waals surface area contributed by atoms with Gasteiger partial charge in [-0.2, -0.15) is 0 Å². The van der Waals surface area contributed by atoms with Gasteiger partial charge in [-0.3, -0.25) is 14.6 Å². The molecule has 0 saturated carbocycles. The number of amides is 1. The summed E-state index contributed by atoms with van der Waals surface area (Å²) in [6.45, 7) is 5.70. The summed E-state index contributed by atoms with van der Waals surface area (Å²) in [5.74, 6) is -0.188. The lowest BCUT2D eigenvalue weighted by Gasteiger charge is -2.20. The largest absolute Gasteiger partial charge is 0.347 e. The molecule has 0 bridgehead atoms. The molecule has 0 radical (unpaired) electrons. The summed E-state index contributed by atoms with van der Waals surface area (Å²) >= 11 is 0. The second-order valence-corrected chi connectivity index (χ2v) is 4.29. The Kier molecular flexibility index (Phi) is 3.19. The molecule has 0 aromatic carbocycles. The Hall–Kier alpha value is -1.71. The summed E-state index contributed by atoms with van der Waals surface area (Å²) in [7, 11) is 0. The van der Waals surface area contributed by atoms with E-state index in [4.69, 9.17) is 0 Å². The molecule has 0 fully saturated rings. The molecule has 1 heterocycles. The van der Waals surface area contributed by atoms with E-state index in [9.17, 15) is 9.59 Å². The van der Waals surface area contributed by atoms with Gasteiger partial charge in [-0.15, -0.1) is 0 Å². The van der Waals surface area contributed by atoms with Gasteiger partial charge >= 0.3 is 0 Å². The lowest BCUT2D eigenvalue weighted by atomic mass is 10.1. The molecule has 15 heavy (non-hydrogen) atoms. The van der Waals surface area contributed by atoms with Crippen LogP contribution in [0.1, 0.15) is 41.6 Å². The van der Waals surface area contributed by atoms with Crippen molar-refractivity contribution in [2.75, 3.05) is 0 Å². The molecule has 0 aliphatic heterocycles. The summed E-state index contributed by atoms with van der Waals surface area (Å²) < 4.78 is 0. The first-order valence-electron chi connectivity index (χ1n) is 4.66. The molecule has 0 spiro atoms. The van der Waals surface area contributed by atoms with E-state index in [0.29, 0.717) is 17.5 Å². The van der Waals surface area contributed by atoms with Gasteiger partial charge in [0.15, 0.2) is 6.29 Å². The minimum absolute atomic E-state index is 0.188. The van der Waals surface area contributed by atoms with Gasteiger partial charge in [-0.25, -0.2) is 0 Å². The Morgan fingerprint density at radius 1 is 1.40 bits per heavy atom. The highest BCUT2D eigenvalue weighted by Crippen LogP contribution is 2.04. The van der Waals surface area contributed by atoms with Crippen molar-refractivity contribution in [3.05, 3.63) is 29.6 Å². The van der Waals surface area contributed by atoms with Crippen LogP contribution in [0.4, 0.5) is 0 Å². The van der Waals surface area contributed by atoms with Crippen molar-refractivity contribution in [2.45, 2.75) is 26.3 Å². The molecule has 0 aliphatic carbocycles. The number of aromatic nitrogens is 1. The van der Waals surface area contributed by atoms with Crippen LogP contribution in [-0.4, -0.2) is 22.7 Å². The van der Waals surface area contributed by atoms with E-state index in [0.717, 1.165) is 0 Å². The molecule has 0 unspecified atom stereocenters. The third kappa shape index (κ3) is 3.50. The van der Waals surface area contributed by atoms with Crippen molar-refractivity contribution >= 4 is 12.2 Å². The fraction of sp³-hybridized carbons (Fsp3) is 0.364. The van der Waals surface area contributed by atoms with Gasteiger partial charge in [0, 0.05) is 11.7 Å². The van der Waals surface area contributed by atoms with Gasteiger partial charge in [-0.05, 0) is 32.9 Å². The summed E-state index contributed by atoms with van der Waals surface area (Å²) in [5, 5.41) is 2.81. The normalized spacial score (nSPS) is 10.9. The topological polar surface area (TPSA) is 59.1 Å². The fourth-order valence-corrected chi connectivity index (χ4v) is 1.02. The van der Waals surface area contributed by atoms with E-state index in [1.165, 1.54) is 12.3 Å². The van der Waals surface area contributed by atoms with E-state index in [1.54, 1.807) is 6.07 Å². The molecule has 1 aromatic heterocycles. The number of rotatable bonds is 2. The smallest absolute Gasteiger partial charge is 0.253 e. The zero-order valence-corrected chi connectivity index (χ0v) is 9.07. The van der Waals surface area contributed by atoms with Crippen molar-refractivity contribution in [1.29, 1.82) is 0 Å². The molecule has 1 amide bonds. The lowest BCUT2D eigenvalue weighted by molar-refractivity contribution is 0.0918. The molecular formula is C11H14N2O2. The molecule has 1 N–H and O–H groups in total.